The second kappa shape index (κ2) is 15.2. The second-order valence-electron chi connectivity index (χ2n) is 18.1. The molecule has 0 saturated carbocycles. The van der Waals surface area contributed by atoms with E-state index in [0.717, 1.165) is 76.5 Å². The molecule has 308 valence electrons. The van der Waals surface area contributed by atoms with Crippen LogP contribution in [0.25, 0.3) is 89.0 Å². The first-order valence-electron chi connectivity index (χ1n) is 22.8. The van der Waals surface area contributed by atoms with Gasteiger partial charge in [0.25, 0.3) is 0 Å². The van der Waals surface area contributed by atoms with E-state index in [-0.39, 0.29) is 5.92 Å². The Morgan fingerprint density at radius 1 is 0.594 bits per heavy atom. The SMILES string of the molecule is Cc1oc2c(c1/C=C\C(C)(c1nc(-c3cccc4ccccc34)nc(-c3cccc4ccccc34)c1C)[C@H]1CCc3cc4ccccc4cc3-c3ccc4ccccc4c31)CCC=C2. The predicted octanol–water partition coefficient (Wildman–Crippen LogP) is 16.0. The van der Waals surface area contributed by atoms with Gasteiger partial charge >= 0.3 is 0 Å². The fraction of sp³-hybridized carbons (Fsp3) is 0.148. The molecule has 12 rings (SSSR count). The minimum absolute atomic E-state index is 0.0256. The molecule has 0 amide bonds. The molecule has 3 nitrogen and oxygen atoms in total. The van der Waals surface area contributed by atoms with Crippen LogP contribution in [-0.2, 0) is 18.3 Å². The van der Waals surface area contributed by atoms with E-state index in [1.165, 1.54) is 71.1 Å². The van der Waals surface area contributed by atoms with E-state index in [0.29, 0.717) is 0 Å². The maximum atomic E-state index is 6.46. The zero-order valence-corrected chi connectivity index (χ0v) is 36.5. The van der Waals surface area contributed by atoms with E-state index in [1.807, 2.05) is 0 Å². The molecule has 10 aromatic rings. The van der Waals surface area contributed by atoms with E-state index < -0.39 is 5.41 Å². The first-order valence-corrected chi connectivity index (χ1v) is 22.8. The Balaban J connectivity index is 1.19. The molecule has 2 heterocycles. The van der Waals surface area contributed by atoms with Crippen molar-refractivity contribution in [1.29, 1.82) is 0 Å². The zero-order chi connectivity index (χ0) is 42.9. The summed E-state index contributed by atoms with van der Waals surface area (Å²) in [7, 11) is 0. The van der Waals surface area contributed by atoms with Crippen LogP contribution in [0.5, 0.6) is 0 Å². The van der Waals surface area contributed by atoms with Crippen molar-refractivity contribution in [2.24, 2.45) is 0 Å². The molecular formula is C61H48N2O. The average molecular weight is 825 g/mol. The van der Waals surface area contributed by atoms with Crippen LogP contribution in [0.2, 0.25) is 0 Å². The lowest BCUT2D eigenvalue weighted by Gasteiger charge is -2.38. The van der Waals surface area contributed by atoms with Gasteiger partial charge in [-0.25, -0.2) is 9.97 Å². The highest BCUT2D eigenvalue weighted by atomic mass is 16.3. The van der Waals surface area contributed by atoms with Gasteiger partial charge in [0.05, 0.1) is 11.4 Å². The summed E-state index contributed by atoms with van der Waals surface area (Å²) in [5, 5.41) is 9.78. The third kappa shape index (κ3) is 6.17. The van der Waals surface area contributed by atoms with Crippen LogP contribution in [0.4, 0.5) is 0 Å². The number of rotatable bonds is 6. The van der Waals surface area contributed by atoms with E-state index in [4.69, 9.17) is 14.4 Å². The van der Waals surface area contributed by atoms with Crippen LogP contribution >= 0.6 is 0 Å². The number of fused-ring (bicyclic) bond motifs is 9. The van der Waals surface area contributed by atoms with Gasteiger partial charge in [0, 0.05) is 27.7 Å². The fourth-order valence-corrected chi connectivity index (χ4v) is 11.2. The number of benzene rings is 8. The van der Waals surface area contributed by atoms with Gasteiger partial charge < -0.3 is 4.42 Å². The molecule has 0 aliphatic heterocycles. The molecule has 2 aromatic heterocycles. The van der Waals surface area contributed by atoms with E-state index in [2.05, 4.69) is 203 Å². The summed E-state index contributed by atoms with van der Waals surface area (Å²) in [5.74, 6) is 2.70. The van der Waals surface area contributed by atoms with Crippen LogP contribution in [0.3, 0.4) is 0 Å². The predicted molar refractivity (Wildman–Crippen MR) is 268 cm³/mol. The van der Waals surface area contributed by atoms with Crippen LogP contribution in [0, 0.1) is 13.8 Å². The summed E-state index contributed by atoms with van der Waals surface area (Å²) in [5.41, 5.74) is 12.5. The lowest BCUT2D eigenvalue weighted by atomic mass is 9.66. The number of furan rings is 1. The summed E-state index contributed by atoms with van der Waals surface area (Å²) in [6, 6.07) is 57.9. The van der Waals surface area contributed by atoms with Gasteiger partial charge in [-0.05, 0) is 135 Å². The molecule has 0 spiro atoms. The summed E-state index contributed by atoms with van der Waals surface area (Å²) >= 11 is 0. The molecule has 0 N–H and O–H groups in total. The molecule has 0 radical (unpaired) electrons. The molecule has 0 fully saturated rings. The third-order valence-corrected chi connectivity index (χ3v) is 14.4. The third-order valence-electron chi connectivity index (χ3n) is 14.4. The molecule has 2 atom stereocenters. The maximum absolute atomic E-state index is 6.46. The van der Waals surface area contributed by atoms with Gasteiger partial charge in [0.15, 0.2) is 5.82 Å². The molecule has 8 aromatic carbocycles. The van der Waals surface area contributed by atoms with Gasteiger partial charge in [0.1, 0.15) is 11.5 Å². The van der Waals surface area contributed by atoms with Crippen molar-refractivity contribution in [2.75, 3.05) is 0 Å². The summed E-state index contributed by atoms with van der Waals surface area (Å²) in [4.78, 5) is 11.5. The largest absolute Gasteiger partial charge is 0.461 e. The van der Waals surface area contributed by atoms with E-state index >= 15 is 0 Å². The Morgan fingerprint density at radius 3 is 1.97 bits per heavy atom. The standard InChI is InChI=1S/C61H48N2O/c1-38-58(52-27-14-21-40-16-6-9-23-47(40)52)62-60(53-28-15-22-41-17-7-10-24-48(41)53)63-59(38)61(3,35-34-46-39(2)64-56-29-13-12-26-50(46)56)55-33-31-45-36-43-19-4-5-20-44(43)37-54(45)51-32-30-42-18-8-11-25-49(42)57(51)55/h4-11,13-25,27-30,32,34-37,55H,12,26,31,33H2,1-3H3/b35-34-/t55-,61?/m0/s1. The molecule has 3 heteroatoms. The molecule has 1 unspecified atom stereocenters. The topological polar surface area (TPSA) is 38.9 Å². The summed E-state index contributed by atoms with van der Waals surface area (Å²) < 4.78 is 6.46. The number of hydrogen-bond donors (Lipinski definition) is 0. The molecule has 0 saturated heterocycles. The van der Waals surface area contributed by atoms with E-state index in [9.17, 15) is 0 Å². The minimum atomic E-state index is -0.632. The van der Waals surface area contributed by atoms with Crippen molar-refractivity contribution in [2.45, 2.75) is 57.8 Å². The van der Waals surface area contributed by atoms with Crippen molar-refractivity contribution >= 4 is 55.2 Å². The molecule has 2 aliphatic carbocycles. The monoisotopic (exact) mass is 824 g/mol. The first-order chi connectivity index (χ1) is 31.4. The van der Waals surface area contributed by atoms with Crippen LogP contribution in [0.1, 0.15) is 70.7 Å². The van der Waals surface area contributed by atoms with Gasteiger partial charge in [0.2, 0.25) is 0 Å². The molecule has 0 bridgehead atoms. The van der Waals surface area contributed by atoms with Crippen LogP contribution in [-0.4, -0.2) is 9.97 Å². The highest BCUT2D eigenvalue weighted by Gasteiger charge is 2.42. The van der Waals surface area contributed by atoms with Crippen molar-refractivity contribution in [3.05, 3.63) is 215 Å². The van der Waals surface area contributed by atoms with Gasteiger partial charge in [-0.1, -0.05) is 170 Å². The summed E-state index contributed by atoms with van der Waals surface area (Å²) in [6.07, 6.45) is 13.1. The minimum Gasteiger partial charge on any atom is -0.461 e. The van der Waals surface area contributed by atoms with E-state index in [1.54, 1.807) is 0 Å². The fourth-order valence-electron chi connectivity index (χ4n) is 11.2. The maximum Gasteiger partial charge on any atom is 0.160 e. The Bertz CT molecular complexity index is 3560. The van der Waals surface area contributed by atoms with Gasteiger partial charge in [-0.15, -0.1) is 0 Å². The Kier molecular flexibility index (Phi) is 9.08. The lowest BCUT2D eigenvalue weighted by Crippen LogP contribution is -2.32. The lowest BCUT2D eigenvalue weighted by molar-refractivity contribution is 0.429. The normalized spacial score (nSPS) is 15.6. The number of aromatic nitrogens is 2. The highest BCUT2D eigenvalue weighted by molar-refractivity contribution is 6.00. The Labute approximate surface area is 374 Å². The van der Waals surface area contributed by atoms with Crippen LogP contribution < -0.4 is 0 Å². The first kappa shape index (κ1) is 38.3. The number of hydrogen-bond acceptors (Lipinski definition) is 3. The number of aryl methyl sites for hydroxylation is 2. The number of nitrogens with zero attached hydrogens (tertiary/aromatic N) is 2. The Hall–Kier alpha value is -7.36. The van der Waals surface area contributed by atoms with Crippen molar-refractivity contribution in [1.82, 2.24) is 9.97 Å². The molecular weight excluding hydrogens is 777 g/mol. The highest BCUT2D eigenvalue weighted by Crippen LogP contribution is 2.53. The van der Waals surface area contributed by atoms with Gasteiger partial charge in [-0.3, -0.25) is 0 Å². The van der Waals surface area contributed by atoms with Crippen molar-refractivity contribution < 1.29 is 4.42 Å². The number of allylic oxidation sites excluding steroid dienone is 2. The Morgan fingerprint density at radius 2 is 1.22 bits per heavy atom. The molecule has 64 heavy (non-hydrogen) atoms. The van der Waals surface area contributed by atoms with Crippen LogP contribution in [0.15, 0.2) is 174 Å². The average Bonchev–Trinajstić information content (AvgIpc) is 3.57. The molecule has 2 aliphatic rings. The second-order valence-corrected chi connectivity index (χ2v) is 18.1. The zero-order valence-electron chi connectivity index (χ0n) is 36.5. The van der Waals surface area contributed by atoms with Gasteiger partial charge in [-0.2, -0.15) is 0 Å². The smallest absolute Gasteiger partial charge is 0.160 e. The van der Waals surface area contributed by atoms with Crippen molar-refractivity contribution in [3.63, 3.8) is 0 Å². The summed E-state index contributed by atoms with van der Waals surface area (Å²) in [6.45, 7) is 6.85. The van der Waals surface area contributed by atoms with Crippen molar-refractivity contribution in [3.8, 4) is 33.8 Å². The quantitative estimate of drug-likeness (QED) is 0.168.